The molecular formula is C18H12Cl4N2O4. The van der Waals surface area contributed by atoms with E-state index in [1.165, 1.54) is 24.3 Å². The van der Waals surface area contributed by atoms with E-state index in [2.05, 4.69) is 0 Å². The Kier molecular flexibility index (Phi) is 5.76. The molecule has 0 aromatic heterocycles. The lowest BCUT2D eigenvalue weighted by Crippen LogP contribution is -1.94. The first kappa shape index (κ1) is 20.4. The molecule has 6 nitrogen and oxygen atoms in total. The normalized spacial score (nSPS) is 10.7. The fourth-order valence-corrected chi connectivity index (χ4v) is 3.46. The van der Waals surface area contributed by atoms with E-state index in [0.717, 1.165) is 12.1 Å². The van der Waals surface area contributed by atoms with Gasteiger partial charge in [-0.25, -0.2) is 0 Å². The largest absolute Gasteiger partial charge is 0.508 e. The molecule has 10 heteroatoms. The number of nitrogens with two attached hydrogens (primary N) is 2. The molecule has 0 spiro atoms. The Balaban J connectivity index is 2.02. The summed E-state index contributed by atoms with van der Waals surface area (Å²) in [5.41, 5.74) is 12.0. The number of phenols is 2. The van der Waals surface area contributed by atoms with Gasteiger partial charge in [0.05, 0.1) is 20.1 Å². The van der Waals surface area contributed by atoms with Gasteiger partial charge in [0, 0.05) is 23.5 Å². The SMILES string of the molecule is Nc1cc(Cl)c(Oc2cc(O)cc(Oc3c(Cl)cc(N)cc3Cl)c2O)c(Cl)c1. The number of nitrogen functional groups attached to an aromatic ring is 2. The highest BCUT2D eigenvalue weighted by molar-refractivity contribution is 6.38. The van der Waals surface area contributed by atoms with Gasteiger partial charge in [0.15, 0.2) is 23.0 Å². The second-order valence-corrected chi connectivity index (χ2v) is 7.25. The zero-order valence-corrected chi connectivity index (χ0v) is 16.9. The molecule has 0 bridgehead atoms. The van der Waals surface area contributed by atoms with Crippen LogP contribution in [0.15, 0.2) is 36.4 Å². The average molecular weight is 462 g/mol. The van der Waals surface area contributed by atoms with Crippen LogP contribution in [0.3, 0.4) is 0 Å². The Morgan fingerprint density at radius 3 is 1.25 bits per heavy atom. The number of phenolic OH excluding ortho intramolecular Hbond substituents is 2. The van der Waals surface area contributed by atoms with Crippen LogP contribution in [0.4, 0.5) is 11.4 Å². The number of anilines is 2. The molecule has 0 heterocycles. The van der Waals surface area contributed by atoms with E-state index in [9.17, 15) is 10.2 Å². The molecular weight excluding hydrogens is 450 g/mol. The van der Waals surface area contributed by atoms with Crippen LogP contribution in [0.2, 0.25) is 20.1 Å². The molecule has 0 aliphatic heterocycles. The summed E-state index contributed by atoms with van der Waals surface area (Å²) in [7, 11) is 0. The van der Waals surface area contributed by atoms with Crippen molar-refractivity contribution in [3.05, 3.63) is 56.5 Å². The maximum atomic E-state index is 10.5. The lowest BCUT2D eigenvalue weighted by molar-refractivity contribution is 0.371. The molecule has 3 rings (SSSR count). The highest BCUT2D eigenvalue weighted by atomic mass is 35.5. The lowest BCUT2D eigenvalue weighted by Gasteiger charge is -2.16. The van der Waals surface area contributed by atoms with Gasteiger partial charge in [-0.05, 0) is 24.3 Å². The first-order chi connectivity index (χ1) is 13.2. The average Bonchev–Trinajstić information content (AvgIpc) is 2.57. The molecule has 0 aliphatic rings. The summed E-state index contributed by atoms with van der Waals surface area (Å²) in [4.78, 5) is 0. The zero-order valence-electron chi connectivity index (χ0n) is 13.8. The summed E-state index contributed by atoms with van der Waals surface area (Å²) in [5, 5.41) is 21.0. The third kappa shape index (κ3) is 4.20. The quantitative estimate of drug-likeness (QED) is 0.262. The van der Waals surface area contributed by atoms with Crippen molar-refractivity contribution in [1.29, 1.82) is 0 Å². The van der Waals surface area contributed by atoms with Crippen molar-refractivity contribution in [2.45, 2.75) is 0 Å². The van der Waals surface area contributed by atoms with Crippen LogP contribution < -0.4 is 20.9 Å². The number of rotatable bonds is 4. The van der Waals surface area contributed by atoms with Crippen LogP contribution in [-0.2, 0) is 0 Å². The maximum absolute atomic E-state index is 10.5. The topological polar surface area (TPSA) is 111 Å². The summed E-state index contributed by atoms with van der Waals surface area (Å²) in [6.07, 6.45) is 0. The second kappa shape index (κ2) is 7.93. The second-order valence-electron chi connectivity index (χ2n) is 5.62. The minimum Gasteiger partial charge on any atom is -0.508 e. The van der Waals surface area contributed by atoms with E-state index in [1.54, 1.807) is 0 Å². The van der Waals surface area contributed by atoms with Crippen molar-refractivity contribution in [2.24, 2.45) is 0 Å². The van der Waals surface area contributed by atoms with Crippen molar-refractivity contribution < 1.29 is 19.7 Å². The number of halogens is 4. The smallest absolute Gasteiger partial charge is 0.202 e. The van der Waals surface area contributed by atoms with E-state index in [4.69, 9.17) is 67.3 Å². The van der Waals surface area contributed by atoms with E-state index in [1.807, 2.05) is 0 Å². The van der Waals surface area contributed by atoms with Crippen LogP contribution in [0.25, 0.3) is 0 Å². The fourth-order valence-electron chi connectivity index (χ4n) is 2.30. The molecule has 28 heavy (non-hydrogen) atoms. The van der Waals surface area contributed by atoms with Crippen LogP contribution in [0.5, 0.6) is 34.5 Å². The highest BCUT2D eigenvalue weighted by Crippen LogP contribution is 2.48. The van der Waals surface area contributed by atoms with Gasteiger partial charge >= 0.3 is 0 Å². The summed E-state index contributed by atoms with van der Waals surface area (Å²) >= 11 is 24.4. The number of hydrogen-bond donors (Lipinski definition) is 4. The van der Waals surface area contributed by atoms with E-state index in [0.29, 0.717) is 11.4 Å². The Morgan fingerprint density at radius 1 is 0.607 bits per heavy atom. The highest BCUT2D eigenvalue weighted by Gasteiger charge is 2.19. The van der Waals surface area contributed by atoms with E-state index in [-0.39, 0.29) is 48.8 Å². The molecule has 3 aromatic rings. The Bertz CT molecular complexity index is 949. The Morgan fingerprint density at radius 2 is 0.929 bits per heavy atom. The zero-order chi connectivity index (χ0) is 20.6. The van der Waals surface area contributed by atoms with Crippen molar-refractivity contribution in [1.82, 2.24) is 0 Å². The Labute approximate surface area is 179 Å². The number of ether oxygens (including phenoxy) is 2. The van der Waals surface area contributed by atoms with Crippen LogP contribution >= 0.6 is 46.4 Å². The maximum Gasteiger partial charge on any atom is 0.202 e. The molecule has 0 saturated carbocycles. The van der Waals surface area contributed by atoms with Crippen LogP contribution in [-0.4, -0.2) is 10.2 Å². The molecule has 0 amide bonds. The predicted molar refractivity (Wildman–Crippen MR) is 112 cm³/mol. The molecule has 0 saturated heterocycles. The van der Waals surface area contributed by atoms with Gasteiger partial charge in [0.1, 0.15) is 5.75 Å². The standard InChI is InChI=1S/C18H12Cl4N2O4/c19-10-1-7(23)2-11(20)17(10)27-14-5-9(25)6-15(16(14)26)28-18-12(21)3-8(24)4-13(18)22/h1-6,25-26H,23-24H2. The van der Waals surface area contributed by atoms with Gasteiger partial charge in [0.25, 0.3) is 0 Å². The number of aromatic hydroxyl groups is 2. The summed E-state index contributed by atoms with van der Waals surface area (Å²) in [6.45, 7) is 0. The van der Waals surface area contributed by atoms with Crippen molar-refractivity contribution in [3.8, 4) is 34.5 Å². The van der Waals surface area contributed by atoms with Gasteiger partial charge in [-0.3, -0.25) is 0 Å². The van der Waals surface area contributed by atoms with Crippen molar-refractivity contribution in [2.75, 3.05) is 11.5 Å². The van der Waals surface area contributed by atoms with E-state index < -0.39 is 5.75 Å². The van der Waals surface area contributed by atoms with Gasteiger partial charge in [-0.1, -0.05) is 46.4 Å². The predicted octanol–water partition coefficient (Wildman–Crippen LogP) is 6.46. The monoisotopic (exact) mass is 460 g/mol. The Hall–Kier alpha value is -2.38. The molecule has 3 aromatic carbocycles. The third-order valence-corrected chi connectivity index (χ3v) is 4.61. The third-order valence-electron chi connectivity index (χ3n) is 3.49. The minimum absolute atomic E-state index is 0.0351. The number of benzene rings is 3. The van der Waals surface area contributed by atoms with Gasteiger partial charge in [0.2, 0.25) is 5.75 Å². The van der Waals surface area contributed by atoms with E-state index >= 15 is 0 Å². The van der Waals surface area contributed by atoms with Gasteiger partial charge in [-0.15, -0.1) is 0 Å². The first-order valence-electron chi connectivity index (χ1n) is 7.56. The molecule has 146 valence electrons. The van der Waals surface area contributed by atoms with Crippen LogP contribution in [0, 0.1) is 0 Å². The van der Waals surface area contributed by atoms with Crippen molar-refractivity contribution in [3.63, 3.8) is 0 Å². The summed E-state index contributed by atoms with van der Waals surface area (Å²) < 4.78 is 11.1. The first-order valence-corrected chi connectivity index (χ1v) is 9.07. The molecule has 0 atom stereocenters. The molecule has 0 unspecified atom stereocenters. The molecule has 6 N–H and O–H groups in total. The number of hydrogen-bond acceptors (Lipinski definition) is 6. The van der Waals surface area contributed by atoms with Gasteiger partial charge < -0.3 is 31.2 Å². The molecule has 0 aliphatic carbocycles. The molecule has 0 fully saturated rings. The lowest BCUT2D eigenvalue weighted by atomic mass is 10.2. The fraction of sp³-hybridized carbons (Fsp3) is 0. The molecule has 0 radical (unpaired) electrons. The van der Waals surface area contributed by atoms with Crippen molar-refractivity contribution >= 4 is 57.8 Å². The summed E-state index contributed by atoms with van der Waals surface area (Å²) in [5.74, 6) is -1.00. The van der Waals surface area contributed by atoms with Crippen LogP contribution in [0.1, 0.15) is 0 Å². The summed E-state index contributed by atoms with van der Waals surface area (Å²) in [6, 6.07) is 8.00. The van der Waals surface area contributed by atoms with Gasteiger partial charge in [-0.2, -0.15) is 0 Å². The minimum atomic E-state index is -0.453.